The van der Waals surface area contributed by atoms with Gasteiger partial charge in [-0.05, 0) is 18.1 Å². The number of benzene rings is 2. The Labute approximate surface area is 169 Å². The van der Waals surface area contributed by atoms with Crippen LogP contribution in [-0.4, -0.2) is 16.1 Å². The molecule has 2 unspecified atom stereocenters. The van der Waals surface area contributed by atoms with Crippen molar-refractivity contribution < 1.29 is 4.79 Å². The number of nitrogens with two attached hydrogens (primary N) is 1. The van der Waals surface area contributed by atoms with Crippen molar-refractivity contribution in [3.8, 4) is 0 Å². The quantitative estimate of drug-likeness (QED) is 0.649. The van der Waals surface area contributed by atoms with E-state index < -0.39 is 0 Å². The molecule has 3 N–H and O–H groups in total. The zero-order chi connectivity index (χ0) is 18.5. The topological polar surface area (TPSA) is 80.9 Å². The van der Waals surface area contributed by atoms with Crippen LogP contribution < -0.4 is 11.1 Å². The summed E-state index contributed by atoms with van der Waals surface area (Å²) in [6.45, 7) is 3.88. The van der Waals surface area contributed by atoms with Gasteiger partial charge in [0.05, 0.1) is 5.92 Å². The minimum absolute atomic E-state index is 0. The Morgan fingerprint density at radius 1 is 1.11 bits per heavy atom. The summed E-state index contributed by atoms with van der Waals surface area (Å²) in [6, 6.07) is 17.6. The number of hydrogen-bond donors (Lipinski definition) is 2. The van der Waals surface area contributed by atoms with Crippen LogP contribution in [0.1, 0.15) is 34.7 Å². The zero-order valence-electron chi connectivity index (χ0n) is 15.3. The van der Waals surface area contributed by atoms with Gasteiger partial charge in [0.25, 0.3) is 0 Å². The normalized spacial score (nSPS) is 12.7. The SMILES string of the molecule is Cc1ccc(Cc2nnc(NC(=O)C(C)C(N)c3ccccc3)s2)cc1.Cl. The van der Waals surface area contributed by atoms with Crippen molar-refractivity contribution in [3.63, 3.8) is 0 Å². The van der Waals surface area contributed by atoms with Crippen LogP contribution in [0.3, 0.4) is 0 Å². The van der Waals surface area contributed by atoms with Crippen molar-refractivity contribution in [1.29, 1.82) is 0 Å². The molecule has 0 saturated heterocycles. The summed E-state index contributed by atoms with van der Waals surface area (Å²) in [6.07, 6.45) is 0.701. The van der Waals surface area contributed by atoms with E-state index in [1.807, 2.05) is 37.3 Å². The van der Waals surface area contributed by atoms with E-state index in [0.717, 1.165) is 10.6 Å². The van der Waals surface area contributed by atoms with Gasteiger partial charge in [-0.1, -0.05) is 78.4 Å². The number of nitrogens with one attached hydrogen (secondary N) is 1. The Balaban J connectivity index is 0.00000261. The van der Waals surface area contributed by atoms with E-state index in [2.05, 4.69) is 46.7 Å². The lowest BCUT2D eigenvalue weighted by molar-refractivity contribution is -0.120. The number of halogens is 1. The van der Waals surface area contributed by atoms with Crippen LogP contribution in [0, 0.1) is 12.8 Å². The molecule has 27 heavy (non-hydrogen) atoms. The van der Waals surface area contributed by atoms with E-state index >= 15 is 0 Å². The van der Waals surface area contributed by atoms with Crippen molar-refractivity contribution in [3.05, 3.63) is 76.3 Å². The number of carbonyl (C=O) groups excluding carboxylic acids is 1. The molecule has 2 atom stereocenters. The van der Waals surface area contributed by atoms with E-state index in [0.29, 0.717) is 11.6 Å². The smallest absolute Gasteiger partial charge is 0.230 e. The summed E-state index contributed by atoms with van der Waals surface area (Å²) >= 11 is 1.39. The lowest BCUT2D eigenvalue weighted by Gasteiger charge is -2.18. The predicted octanol–water partition coefficient (Wildman–Crippen LogP) is 4.13. The number of anilines is 1. The van der Waals surface area contributed by atoms with Crippen molar-refractivity contribution in [2.45, 2.75) is 26.3 Å². The highest BCUT2D eigenvalue weighted by Crippen LogP contribution is 2.23. The third-order valence-corrected chi connectivity index (χ3v) is 5.15. The molecule has 0 spiro atoms. The standard InChI is InChI=1S/C20H22N4OS.ClH/c1-13-8-10-15(11-9-13)12-17-23-24-20(26-17)22-19(25)14(2)18(21)16-6-4-3-5-7-16;/h3-11,14,18H,12,21H2,1-2H3,(H,22,24,25);1H. The number of hydrogen-bond acceptors (Lipinski definition) is 5. The van der Waals surface area contributed by atoms with E-state index in [4.69, 9.17) is 5.73 Å². The lowest BCUT2D eigenvalue weighted by Crippen LogP contribution is -2.30. The number of aromatic nitrogens is 2. The fraction of sp³-hybridized carbons (Fsp3) is 0.250. The second-order valence-corrected chi connectivity index (χ2v) is 7.44. The van der Waals surface area contributed by atoms with Gasteiger partial charge in [-0.2, -0.15) is 0 Å². The van der Waals surface area contributed by atoms with Crippen LogP contribution in [0.4, 0.5) is 5.13 Å². The van der Waals surface area contributed by atoms with Crippen molar-refractivity contribution in [2.24, 2.45) is 11.7 Å². The highest BCUT2D eigenvalue weighted by molar-refractivity contribution is 7.15. The third kappa shape index (κ3) is 5.60. The molecule has 5 nitrogen and oxygen atoms in total. The van der Waals surface area contributed by atoms with Crippen LogP contribution in [0.2, 0.25) is 0 Å². The number of aryl methyl sites for hydroxylation is 1. The summed E-state index contributed by atoms with van der Waals surface area (Å²) in [4.78, 5) is 12.5. The third-order valence-electron chi connectivity index (χ3n) is 4.31. The molecule has 3 aromatic rings. The Morgan fingerprint density at radius 3 is 2.44 bits per heavy atom. The highest BCUT2D eigenvalue weighted by Gasteiger charge is 2.23. The molecule has 2 aromatic carbocycles. The number of rotatable bonds is 6. The molecule has 0 aliphatic carbocycles. The molecular weight excluding hydrogens is 380 g/mol. The predicted molar refractivity (Wildman–Crippen MR) is 112 cm³/mol. The van der Waals surface area contributed by atoms with Crippen LogP contribution in [0.15, 0.2) is 54.6 Å². The highest BCUT2D eigenvalue weighted by atomic mass is 35.5. The number of carbonyl (C=O) groups is 1. The minimum Gasteiger partial charge on any atom is -0.323 e. The monoisotopic (exact) mass is 402 g/mol. The van der Waals surface area contributed by atoms with E-state index in [-0.39, 0.29) is 30.3 Å². The van der Waals surface area contributed by atoms with Crippen LogP contribution >= 0.6 is 23.7 Å². The number of amides is 1. The van der Waals surface area contributed by atoms with E-state index in [1.165, 1.54) is 22.5 Å². The minimum atomic E-state index is -0.373. The fourth-order valence-electron chi connectivity index (χ4n) is 2.60. The Morgan fingerprint density at radius 2 is 1.78 bits per heavy atom. The zero-order valence-corrected chi connectivity index (χ0v) is 16.9. The molecule has 3 rings (SSSR count). The first-order valence-corrected chi connectivity index (χ1v) is 9.34. The molecule has 0 fully saturated rings. The maximum absolute atomic E-state index is 12.5. The number of nitrogens with zero attached hydrogens (tertiary/aromatic N) is 2. The summed E-state index contributed by atoms with van der Waals surface area (Å²) in [5.41, 5.74) is 9.55. The van der Waals surface area contributed by atoms with E-state index in [9.17, 15) is 4.79 Å². The maximum Gasteiger partial charge on any atom is 0.230 e. The molecule has 142 valence electrons. The molecular formula is C20H23ClN4OS. The second-order valence-electron chi connectivity index (χ2n) is 6.38. The van der Waals surface area contributed by atoms with Gasteiger partial charge in [-0.25, -0.2) is 0 Å². The van der Waals surface area contributed by atoms with Crippen molar-refractivity contribution in [1.82, 2.24) is 10.2 Å². The largest absolute Gasteiger partial charge is 0.323 e. The van der Waals surface area contributed by atoms with Crippen LogP contribution in [-0.2, 0) is 11.2 Å². The van der Waals surface area contributed by atoms with Gasteiger partial charge in [-0.3, -0.25) is 4.79 Å². The maximum atomic E-state index is 12.5. The van der Waals surface area contributed by atoms with Crippen LogP contribution in [0.25, 0.3) is 0 Å². The lowest BCUT2D eigenvalue weighted by atomic mass is 9.95. The van der Waals surface area contributed by atoms with Gasteiger partial charge < -0.3 is 11.1 Å². The fourth-order valence-corrected chi connectivity index (χ4v) is 3.38. The Kier molecular flexibility index (Phi) is 7.47. The van der Waals surface area contributed by atoms with Gasteiger partial charge in [0.2, 0.25) is 11.0 Å². The summed E-state index contributed by atoms with van der Waals surface area (Å²) < 4.78 is 0. The van der Waals surface area contributed by atoms with Gasteiger partial charge >= 0.3 is 0 Å². The first-order valence-electron chi connectivity index (χ1n) is 8.52. The second kappa shape index (κ2) is 9.60. The molecule has 1 amide bonds. The molecule has 1 aromatic heterocycles. The molecule has 0 bridgehead atoms. The molecule has 0 saturated carbocycles. The van der Waals surface area contributed by atoms with Crippen molar-refractivity contribution in [2.75, 3.05) is 5.32 Å². The van der Waals surface area contributed by atoms with Crippen molar-refractivity contribution >= 4 is 34.8 Å². The van der Waals surface area contributed by atoms with Gasteiger partial charge in [0.15, 0.2) is 0 Å². The molecule has 0 aliphatic heterocycles. The van der Waals surface area contributed by atoms with Gasteiger partial charge in [0, 0.05) is 12.5 Å². The summed E-state index contributed by atoms with van der Waals surface area (Å²) in [5, 5.41) is 12.5. The van der Waals surface area contributed by atoms with Gasteiger partial charge in [-0.15, -0.1) is 22.6 Å². The molecule has 7 heteroatoms. The van der Waals surface area contributed by atoms with E-state index in [1.54, 1.807) is 0 Å². The van der Waals surface area contributed by atoms with Crippen LogP contribution in [0.5, 0.6) is 0 Å². The average molecular weight is 403 g/mol. The Bertz CT molecular complexity index is 867. The Hall–Kier alpha value is -2.28. The summed E-state index contributed by atoms with van der Waals surface area (Å²) in [5.74, 6) is -0.527. The average Bonchev–Trinajstić information content (AvgIpc) is 3.10. The van der Waals surface area contributed by atoms with Gasteiger partial charge in [0.1, 0.15) is 5.01 Å². The first kappa shape index (κ1) is 21.0. The summed E-state index contributed by atoms with van der Waals surface area (Å²) in [7, 11) is 0. The molecule has 1 heterocycles. The first-order chi connectivity index (χ1) is 12.5. The molecule has 0 aliphatic rings. The molecule has 0 radical (unpaired) electrons.